The summed E-state index contributed by atoms with van der Waals surface area (Å²) >= 11 is 0. The third-order valence-electron chi connectivity index (χ3n) is 1.33. The maximum atomic E-state index is 12.5. The number of carbonyl (C=O) groups excluding carboxylic acids is 1. The zero-order valence-electron chi connectivity index (χ0n) is 6.17. The zero-order chi connectivity index (χ0) is 8.43. The first kappa shape index (κ1) is 7.71. The Kier molecular flexibility index (Phi) is 1.89. The highest BCUT2D eigenvalue weighted by Gasteiger charge is 2.12. The molecule has 0 aliphatic rings. The highest BCUT2D eigenvalue weighted by Crippen LogP contribution is 2.01. The number of nitrogens with zero attached hydrogens (tertiary/aromatic N) is 2. The maximum absolute atomic E-state index is 12.5. The van der Waals surface area contributed by atoms with E-state index in [1.807, 2.05) is 0 Å². The first-order valence-corrected chi connectivity index (χ1v) is 2.92. The van der Waals surface area contributed by atoms with E-state index in [-0.39, 0.29) is 5.69 Å². The van der Waals surface area contributed by atoms with Gasteiger partial charge in [-0.25, -0.2) is 9.78 Å². The molecule has 11 heavy (non-hydrogen) atoms. The summed E-state index contributed by atoms with van der Waals surface area (Å²) in [5.41, 5.74) is 0.102. The molecule has 1 rings (SSSR count). The second-order valence-corrected chi connectivity index (χ2v) is 1.96. The second-order valence-electron chi connectivity index (χ2n) is 1.96. The van der Waals surface area contributed by atoms with Crippen LogP contribution in [0.25, 0.3) is 0 Å². The number of rotatable bonds is 1. The molecule has 0 bridgehead atoms. The average Bonchev–Trinajstić information content (AvgIpc) is 2.32. The smallest absolute Gasteiger partial charge is 0.356 e. The fourth-order valence-electron chi connectivity index (χ4n) is 0.681. The van der Waals surface area contributed by atoms with E-state index in [1.165, 1.54) is 14.2 Å². The van der Waals surface area contributed by atoms with Gasteiger partial charge in [-0.05, 0) is 0 Å². The first-order valence-electron chi connectivity index (χ1n) is 2.92. The van der Waals surface area contributed by atoms with Crippen LogP contribution in [-0.4, -0.2) is 22.6 Å². The van der Waals surface area contributed by atoms with Gasteiger partial charge in [-0.2, -0.15) is 4.39 Å². The van der Waals surface area contributed by atoms with Crippen molar-refractivity contribution < 1.29 is 13.9 Å². The number of halogens is 1. The van der Waals surface area contributed by atoms with Crippen LogP contribution in [0.4, 0.5) is 4.39 Å². The van der Waals surface area contributed by atoms with E-state index < -0.39 is 12.0 Å². The van der Waals surface area contributed by atoms with E-state index in [1.54, 1.807) is 0 Å². The number of ether oxygens (including phenoxy) is 1. The minimum atomic E-state index is -0.703. The first-order chi connectivity index (χ1) is 5.16. The molecule has 1 heterocycles. The highest BCUT2D eigenvalue weighted by molar-refractivity contribution is 5.87. The van der Waals surface area contributed by atoms with Gasteiger partial charge >= 0.3 is 5.97 Å². The minimum absolute atomic E-state index is 0.102. The third-order valence-corrected chi connectivity index (χ3v) is 1.33. The Morgan fingerprint density at radius 2 is 2.45 bits per heavy atom. The Labute approximate surface area is 62.6 Å². The summed E-state index contributed by atoms with van der Waals surface area (Å²) in [6.45, 7) is 0. The predicted molar refractivity (Wildman–Crippen MR) is 34.5 cm³/mol. The van der Waals surface area contributed by atoms with Crippen LogP contribution < -0.4 is 0 Å². The molecule has 1 aromatic heterocycles. The lowest BCUT2D eigenvalue weighted by Crippen LogP contribution is -2.08. The Bertz CT molecular complexity index is 282. The van der Waals surface area contributed by atoms with Crippen LogP contribution in [0.2, 0.25) is 0 Å². The predicted octanol–water partition coefficient (Wildman–Crippen LogP) is 0.346. The quantitative estimate of drug-likeness (QED) is 0.554. The molecule has 0 N–H and O–H groups in total. The summed E-state index contributed by atoms with van der Waals surface area (Å²) in [6, 6.07) is 0. The molecule has 60 valence electrons. The Morgan fingerprint density at radius 1 is 1.82 bits per heavy atom. The van der Waals surface area contributed by atoms with E-state index in [4.69, 9.17) is 0 Å². The van der Waals surface area contributed by atoms with Crippen LogP contribution in [0.1, 0.15) is 10.5 Å². The maximum Gasteiger partial charge on any atom is 0.356 e. The van der Waals surface area contributed by atoms with E-state index in [2.05, 4.69) is 9.72 Å². The van der Waals surface area contributed by atoms with Crippen molar-refractivity contribution in [3.63, 3.8) is 0 Å². The van der Waals surface area contributed by atoms with Crippen molar-refractivity contribution in [2.24, 2.45) is 7.05 Å². The number of carbonyl (C=O) groups is 1. The Hall–Kier alpha value is -1.39. The van der Waals surface area contributed by atoms with Gasteiger partial charge in [0.25, 0.3) is 6.08 Å². The summed E-state index contributed by atoms with van der Waals surface area (Å²) in [4.78, 5) is 14.1. The van der Waals surface area contributed by atoms with Gasteiger partial charge in [-0.15, -0.1) is 0 Å². The lowest BCUT2D eigenvalue weighted by Gasteiger charge is -1.97. The number of hydrogen-bond acceptors (Lipinski definition) is 3. The number of imidazole rings is 1. The molecule has 0 saturated carbocycles. The van der Waals surface area contributed by atoms with Gasteiger partial charge in [0.1, 0.15) is 5.69 Å². The fourth-order valence-corrected chi connectivity index (χ4v) is 0.681. The molecule has 0 unspecified atom stereocenters. The monoisotopic (exact) mass is 158 g/mol. The van der Waals surface area contributed by atoms with Gasteiger partial charge in [-0.1, -0.05) is 0 Å². The number of hydrogen-bond donors (Lipinski definition) is 0. The molecule has 1 aromatic rings. The molecular weight excluding hydrogens is 151 g/mol. The summed E-state index contributed by atoms with van der Waals surface area (Å²) < 4.78 is 17.9. The van der Waals surface area contributed by atoms with Crippen LogP contribution in [-0.2, 0) is 11.8 Å². The number of esters is 1. The molecule has 0 aliphatic heterocycles. The van der Waals surface area contributed by atoms with E-state index in [0.717, 1.165) is 10.8 Å². The van der Waals surface area contributed by atoms with Gasteiger partial charge in [0.2, 0.25) is 0 Å². The molecule has 0 fully saturated rings. The van der Waals surface area contributed by atoms with Gasteiger partial charge < -0.3 is 4.74 Å². The van der Waals surface area contributed by atoms with Crippen molar-refractivity contribution in [2.75, 3.05) is 7.11 Å². The topological polar surface area (TPSA) is 44.1 Å². The van der Waals surface area contributed by atoms with Gasteiger partial charge in [0.05, 0.1) is 13.3 Å². The van der Waals surface area contributed by atoms with Gasteiger partial charge in [0, 0.05) is 7.05 Å². The Balaban J connectivity index is 3.04. The zero-order valence-corrected chi connectivity index (χ0v) is 6.17. The van der Waals surface area contributed by atoms with E-state index in [9.17, 15) is 9.18 Å². The fraction of sp³-hybridized carbons (Fsp3) is 0.333. The summed E-state index contributed by atoms with van der Waals surface area (Å²) in [7, 11) is 2.63. The van der Waals surface area contributed by atoms with E-state index in [0.29, 0.717) is 0 Å². The third kappa shape index (κ3) is 1.21. The number of methoxy groups -OCH3 is 1. The SMILES string of the molecule is COC(=O)c1cnc(F)n1C. The normalized spacial score (nSPS) is 9.73. The standard InChI is InChI=1S/C6H7FN2O2/c1-9-4(5(10)11-2)3-8-6(9)7/h3H,1-2H3. The lowest BCUT2D eigenvalue weighted by molar-refractivity contribution is 0.0588. The molecule has 0 atom stereocenters. The second kappa shape index (κ2) is 2.69. The van der Waals surface area contributed by atoms with Crippen LogP contribution in [0.5, 0.6) is 0 Å². The van der Waals surface area contributed by atoms with Crippen molar-refractivity contribution in [2.45, 2.75) is 0 Å². The molecule has 0 amide bonds. The van der Waals surface area contributed by atoms with Crippen LogP contribution in [0, 0.1) is 6.08 Å². The molecule has 0 aromatic carbocycles. The summed E-state index contributed by atoms with van der Waals surface area (Å²) in [5, 5.41) is 0. The van der Waals surface area contributed by atoms with Crippen LogP contribution in [0.3, 0.4) is 0 Å². The highest BCUT2D eigenvalue weighted by atomic mass is 19.1. The van der Waals surface area contributed by atoms with Crippen molar-refractivity contribution in [3.8, 4) is 0 Å². The molecule has 0 spiro atoms. The molecule has 0 radical (unpaired) electrons. The van der Waals surface area contributed by atoms with Gasteiger partial charge in [-0.3, -0.25) is 4.57 Å². The van der Waals surface area contributed by atoms with Crippen molar-refractivity contribution in [3.05, 3.63) is 18.0 Å². The average molecular weight is 158 g/mol. The van der Waals surface area contributed by atoms with Crippen LogP contribution >= 0.6 is 0 Å². The van der Waals surface area contributed by atoms with Crippen molar-refractivity contribution in [1.82, 2.24) is 9.55 Å². The van der Waals surface area contributed by atoms with Gasteiger partial charge in [0.15, 0.2) is 0 Å². The molecule has 0 saturated heterocycles. The van der Waals surface area contributed by atoms with Crippen molar-refractivity contribution in [1.29, 1.82) is 0 Å². The number of aromatic nitrogens is 2. The molecule has 4 nitrogen and oxygen atoms in total. The van der Waals surface area contributed by atoms with Crippen LogP contribution in [0.15, 0.2) is 6.20 Å². The minimum Gasteiger partial charge on any atom is -0.464 e. The molecule has 5 heteroatoms. The molecule has 0 aliphatic carbocycles. The molecular formula is C6H7FN2O2. The Morgan fingerprint density at radius 3 is 2.82 bits per heavy atom. The van der Waals surface area contributed by atoms with Crippen molar-refractivity contribution >= 4 is 5.97 Å². The summed E-state index contributed by atoms with van der Waals surface area (Å²) in [5.74, 6) is -0.594. The largest absolute Gasteiger partial charge is 0.464 e. The van der Waals surface area contributed by atoms with E-state index >= 15 is 0 Å². The summed E-state index contributed by atoms with van der Waals surface area (Å²) in [6.07, 6.45) is 0.423. The lowest BCUT2D eigenvalue weighted by atomic mass is 10.5.